The van der Waals surface area contributed by atoms with Gasteiger partial charge in [0.15, 0.2) is 6.10 Å². The van der Waals surface area contributed by atoms with Crippen LogP contribution in [0.4, 0.5) is 10.5 Å². The monoisotopic (exact) mass is 290 g/mol. The van der Waals surface area contributed by atoms with E-state index in [4.69, 9.17) is 10.00 Å². The van der Waals surface area contributed by atoms with Crippen LogP contribution >= 0.6 is 0 Å². The van der Waals surface area contributed by atoms with E-state index in [0.717, 1.165) is 0 Å². The molecule has 0 spiro atoms. The van der Waals surface area contributed by atoms with Crippen LogP contribution < -0.4 is 5.32 Å². The molecule has 0 saturated carbocycles. The van der Waals surface area contributed by atoms with E-state index in [1.54, 1.807) is 18.2 Å². The van der Waals surface area contributed by atoms with Crippen LogP contribution in [0.1, 0.15) is 31.1 Å². The molecule has 1 aromatic rings. The summed E-state index contributed by atoms with van der Waals surface area (Å²) >= 11 is 0. The number of hydrogen-bond acceptors (Lipinski definition) is 5. The standard InChI is InChI=1S/C15H18N2O4/c1-15(2,3)12(9-16)21-13(18)10-6-5-7-11(8-10)17-14(19)20-4/h5-8,12H,1-4H3,(H,17,19)/t12-/m0/s1. The van der Waals surface area contributed by atoms with Crippen molar-refractivity contribution in [3.8, 4) is 6.07 Å². The van der Waals surface area contributed by atoms with Crippen LogP contribution in [0.25, 0.3) is 0 Å². The second-order valence-electron chi connectivity index (χ2n) is 5.48. The van der Waals surface area contributed by atoms with Gasteiger partial charge in [0.2, 0.25) is 0 Å². The van der Waals surface area contributed by atoms with E-state index < -0.39 is 23.6 Å². The molecule has 1 amide bonds. The van der Waals surface area contributed by atoms with E-state index >= 15 is 0 Å². The van der Waals surface area contributed by atoms with Crippen LogP contribution in [0.5, 0.6) is 0 Å². The van der Waals surface area contributed by atoms with Gasteiger partial charge in [0.25, 0.3) is 0 Å². The first kappa shape index (κ1) is 16.5. The number of benzene rings is 1. The maximum absolute atomic E-state index is 12.1. The zero-order chi connectivity index (χ0) is 16.0. The molecule has 0 fully saturated rings. The molecule has 1 aromatic carbocycles. The minimum atomic E-state index is -0.859. The van der Waals surface area contributed by atoms with Crippen molar-refractivity contribution < 1.29 is 19.1 Å². The van der Waals surface area contributed by atoms with Crippen LogP contribution in [-0.2, 0) is 9.47 Å². The number of carbonyl (C=O) groups is 2. The van der Waals surface area contributed by atoms with Crippen LogP contribution in [0, 0.1) is 16.7 Å². The van der Waals surface area contributed by atoms with Crippen molar-refractivity contribution in [1.29, 1.82) is 5.26 Å². The third kappa shape index (κ3) is 4.80. The second-order valence-corrected chi connectivity index (χ2v) is 5.48. The Morgan fingerprint density at radius 2 is 2.00 bits per heavy atom. The summed E-state index contributed by atoms with van der Waals surface area (Å²) in [5, 5.41) is 11.5. The highest BCUT2D eigenvalue weighted by molar-refractivity contribution is 5.92. The SMILES string of the molecule is COC(=O)Nc1cccc(C(=O)O[C@@H](C#N)C(C)(C)C)c1. The lowest BCUT2D eigenvalue weighted by atomic mass is 9.90. The molecule has 0 aliphatic heterocycles. The molecule has 0 bridgehead atoms. The van der Waals surface area contributed by atoms with Crippen molar-refractivity contribution >= 4 is 17.7 Å². The number of carbonyl (C=O) groups excluding carboxylic acids is 2. The number of hydrogen-bond donors (Lipinski definition) is 1. The maximum atomic E-state index is 12.1. The molecule has 21 heavy (non-hydrogen) atoms. The minimum Gasteiger partial charge on any atom is -0.453 e. The molecule has 1 atom stereocenters. The van der Waals surface area contributed by atoms with Crippen molar-refractivity contribution in [3.05, 3.63) is 29.8 Å². The van der Waals surface area contributed by atoms with Crippen LogP contribution in [-0.4, -0.2) is 25.3 Å². The average Bonchev–Trinajstić information content (AvgIpc) is 2.43. The van der Waals surface area contributed by atoms with Gasteiger partial charge in [-0.1, -0.05) is 26.8 Å². The molecule has 0 radical (unpaired) electrons. The molecule has 0 aliphatic carbocycles. The van der Waals surface area contributed by atoms with Crippen molar-refractivity contribution in [3.63, 3.8) is 0 Å². The summed E-state index contributed by atoms with van der Waals surface area (Å²) in [4.78, 5) is 23.2. The fourth-order valence-corrected chi connectivity index (χ4v) is 1.46. The molecule has 0 unspecified atom stereocenters. The Morgan fingerprint density at radius 3 is 2.52 bits per heavy atom. The first-order valence-corrected chi connectivity index (χ1v) is 6.33. The molecule has 112 valence electrons. The largest absolute Gasteiger partial charge is 0.453 e. The lowest BCUT2D eigenvalue weighted by Crippen LogP contribution is -2.30. The van der Waals surface area contributed by atoms with Crippen LogP contribution in [0.15, 0.2) is 24.3 Å². The van der Waals surface area contributed by atoms with Gasteiger partial charge in [0.05, 0.1) is 12.7 Å². The Balaban J connectivity index is 2.86. The number of anilines is 1. The number of esters is 1. The smallest absolute Gasteiger partial charge is 0.411 e. The summed E-state index contributed by atoms with van der Waals surface area (Å²) in [7, 11) is 1.24. The molecule has 6 nitrogen and oxygen atoms in total. The van der Waals surface area contributed by atoms with Crippen molar-refractivity contribution in [2.75, 3.05) is 12.4 Å². The van der Waals surface area contributed by atoms with Gasteiger partial charge in [-0.15, -0.1) is 0 Å². The number of nitrogens with zero attached hydrogens (tertiary/aromatic N) is 1. The van der Waals surface area contributed by atoms with E-state index in [1.165, 1.54) is 13.2 Å². The summed E-state index contributed by atoms with van der Waals surface area (Å²) in [6.45, 7) is 5.43. The highest BCUT2D eigenvalue weighted by Gasteiger charge is 2.28. The molecule has 1 rings (SSSR count). The lowest BCUT2D eigenvalue weighted by Gasteiger charge is -2.24. The minimum absolute atomic E-state index is 0.244. The van der Waals surface area contributed by atoms with Crippen molar-refractivity contribution in [2.24, 2.45) is 5.41 Å². The molecule has 6 heteroatoms. The van der Waals surface area contributed by atoms with Crippen LogP contribution in [0.3, 0.4) is 0 Å². The summed E-state index contributed by atoms with van der Waals surface area (Å²) in [5.74, 6) is -0.620. The number of rotatable bonds is 3. The molecular formula is C15H18N2O4. The van der Waals surface area contributed by atoms with Gasteiger partial charge in [0.1, 0.15) is 6.07 Å². The second kappa shape index (κ2) is 6.75. The quantitative estimate of drug-likeness (QED) is 0.864. The lowest BCUT2D eigenvalue weighted by molar-refractivity contribution is 0.0173. The number of nitriles is 1. The van der Waals surface area contributed by atoms with Gasteiger partial charge in [0, 0.05) is 11.1 Å². The van der Waals surface area contributed by atoms with Crippen molar-refractivity contribution in [1.82, 2.24) is 0 Å². The fraction of sp³-hybridized carbons (Fsp3) is 0.400. The van der Waals surface area contributed by atoms with Gasteiger partial charge in [-0.2, -0.15) is 5.26 Å². The summed E-state index contributed by atoms with van der Waals surface area (Å²) in [6, 6.07) is 8.17. The van der Waals surface area contributed by atoms with Gasteiger partial charge in [-0.3, -0.25) is 5.32 Å². The zero-order valence-electron chi connectivity index (χ0n) is 12.5. The Hall–Kier alpha value is -2.55. The fourth-order valence-electron chi connectivity index (χ4n) is 1.46. The normalized spacial score (nSPS) is 12.0. The number of methoxy groups -OCH3 is 1. The third-order valence-corrected chi connectivity index (χ3v) is 2.66. The first-order chi connectivity index (χ1) is 9.77. The maximum Gasteiger partial charge on any atom is 0.411 e. The first-order valence-electron chi connectivity index (χ1n) is 6.33. The summed E-state index contributed by atoms with van der Waals surface area (Å²) < 4.78 is 9.66. The summed E-state index contributed by atoms with van der Waals surface area (Å²) in [6.07, 6.45) is -1.49. The average molecular weight is 290 g/mol. The third-order valence-electron chi connectivity index (χ3n) is 2.66. The molecular weight excluding hydrogens is 272 g/mol. The van der Waals surface area contributed by atoms with Gasteiger partial charge >= 0.3 is 12.1 Å². The highest BCUT2D eigenvalue weighted by Crippen LogP contribution is 2.23. The molecule has 0 aliphatic rings. The number of nitrogens with one attached hydrogen (secondary N) is 1. The predicted octanol–water partition coefficient (Wildman–Crippen LogP) is 2.96. The van der Waals surface area contributed by atoms with E-state index in [2.05, 4.69) is 10.1 Å². The van der Waals surface area contributed by atoms with Gasteiger partial charge in [-0.05, 0) is 18.2 Å². The topological polar surface area (TPSA) is 88.4 Å². The summed E-state index contributed by atoms with van der Waals surface area (Å²) in [5.41, 5.74) is 0.167. The molecule has 0 saturated heterocycles. The Morgan fingerprint density at radius 1 is 1.33 bits per heavy atom. The number of amides is 1. The Kier molecular flexibility index (Phi) is 5.30. The Labute approximate surface area is 123 Å². The predicted molar refractivity (Wildman–Crippen MR) is 76.7 cm³/mol. The van der Waals surface area contributed by atoms with E-state index in [9.17, 15) is 9.59 Å². The highest BCUT2D eigenvalue weighted by atomic mass is 16.5. The number of ether oxygens (including phenoxy) is 2. The van der Waals surface area contributed by atoms with E-state index in [0.29, 0.717) is 5.69 Å². The molecule has 0 aromatic heterocycles. The zero-order valence-corrected chi connectivity index (χ0v) is 12.5. The molecule has 0 heterocycles. The van der Waals surface area contributed by atoms with Gasteiger partial charge in [-0.25, -0.2) is 9.59 Å². The van der Waals surface area contributed by atoms with Crippen molar-refractivity contribution in [2.45, 2.75) is 26.9 Å². The molecule has 1 N–H and O–H groups in total. The van der Waals surface area contributed by atoms with Gasteiger partial charge < -0.3 is 9.47 Å². The van der Waals surface area contributed by atoms with E-state index in [-0.39, 0.29) is 5.56 Å². The Bertz CT molecular complexity index is 570. The van der Waals surface area contributed by atoms with E-state index in [1.807, 2.05) is 26.8 Å². The van der Waals surface area contributed by atoms with Crippen LogP contribution in [0.2, 0.25) is 0 Å².